The average molecular weight is 201 g/mol. The second-order valence-electron chi connectivity index (χ2n) is 3.14. The minimum Gasteiger partial charge on any atom is -0.504 e. The van der Waals surface area contributed by atoms with Gasteiger partial charge < -0.3 is 15.6 Å². The van der Waals surface area contributed by atoms with Crippen molar-refractivity contribution >= 4 is 5.69 Å². The lowest BCUT2D eigenvalue weighted by molar-refractivity contribution is 0.411. The fourth-order valence-corrected chi connectivity index (χ4v) is 1.25. The first kappa shape index (κ1) is 9.40. The van der Waals surface area contributed by atoms with Gasteiger partial charge in [0.25, 0.3) is 0 Å². The Morgan fingerprint density at radius 1 is 1.00 bits per heavy atom. The summed E-state index contributed by atoms with van der Waals surface area (Å²) in [6.45, 7) is 0. The number of para-hydroxylation sites is 2. The Bertz CT molecular complexity index is 469. The summed E-state index contributed by atoms with van der Waals surface area (Å²) in [5.41, 5.74) is 6.24. The monoisotopic (exact) mass is 201 g/mol. The summed E-state index contributed by atoms with van der Waals surface area (Å²) in [5.74, 6) is 1.14. The fraction of sp³-hybridized carbons (Fsp3) is 0. The highest BCUT2D eigenvalue weighted by molar-refractivity contribution is 5.47. The largest absolute Gasteiger partial charge is 0.504 e. The van der Waals surface area contributed by atoms with Crippen LogP contribution in [-0.4, -0.2) is 5.11 Å². The van der Waals surface area contributed by atoms with Gasteiger partial charge in [0.15, 0.2) is 11.5 Å². The first-order chi connectivity index (χ1) is 7.25. The van der Waals surface area contributed by atoms with Gasteiger partial charge in [-0.1, -0.05) is 18.2 Å². The summed E-state index contributed by atoms with van der Waals surface area (Å²) >= 11 is 0. The molecule has 76 valence electrons. The lowest BCUT2D eigenvalue weighted by atomic mass is 10.3. The minimum absolute atomic E-state index is 0.111. The van der Waals surface area contributed by atoms with Crippen molar-refractivity contribution in [3.8, 4) is 17.2 Å². The van der Waals surface area contributed by atoms with Gasteiger partial charge in [0.05, 0.1) is 0 Å². The van der Waals surface area contributed by atoms with E-state index in [4.69, 9.17) is 10.5 Å². The average Bonchev–Trinajstić information content (AvgIpc) is 2.22. The van der Waals surface area contributed by atoms with Crippen LogP contribution in [0.3, 0.4) is 0 Å². The molecule has 2 aromatic carbocycles. The van der Waals surface area contributed by atoms with Crippen LogP contribution in [0.4, 0.5) is 5.69 Å². The third-order valence-electron chi connectivity index (χ3n) is 1.95. The number of rotatable bonds is 2. The van der Waals surface area contributed by atoms with E-state index in [1.165, 1.54) is 0 Å². The number of benzene rings is 2. The van der Waals surface area contributed by atoms with Crippen LogP contribution in [0.2, 0.25) is 0 Å². The van der Waals surface area contributed by atoms with E-state index in [1.807, 2.05) is 0 Å². The van der Waals surface area contributed by atoms with Crippen LogP contribution in [0.1, 0.15) is 0 Å². The first-order valence-electron chi connectivity index (χ1n) is 4.57. The number of nitrogen functional groups attached to an aromatic ring is 1. The van der Waals surface area contributed by atoms with Crippen molar-refractivity contribution in [1.29, 1.82) is 0 Å². The summed E-state index contributed by atoms with van der Waals surface area (Å²) in [5, 5.41) is 9.48. The third kappa shape index (κ3) is 2.20. The molecule has 0 radical (unpaired) electrons. The lowest BCUT2D eigenvalue weighted by Crippen LogP contribution is -1.87. The lowest BCUT2D eigenvalue weighted by Gasteiger charge is -2.07. The Kier molecular flexibility index (Phi) is 2.46. The van der Waals surface area contributed by atoms with Crippen LogP contribution < -0.4 is 10.5 Å². The molecule has 15 heavy (non-hydrogen) atoms. The van der Waals surface area contributed by atoms with E-state index in [2.05, 4.69) is 0 Å². The minimum atomic E-state index is 0.111. The molecule has 0 heterocycles. The van der Waals surface area contributed by atoms with Gasteiger partial charge in [-0.3, -0.25) is 0 Å². The molecule has 0 saturated carbocycles. The number of nitrogens with two attached hydrogens (primary N) is 1. The Morgan fingerprint density at radius 3 is 2.53 bits per heavy atom. The van der Waals surface area contributed by atoms with Crippen LogP contribution in [0.25, 0.3) is 0 Å². The molecule has 3 nitrogen and oxygen atoms in total. The zero-order valence-corrected chi connectivity index (χ0v) is 8.05. The van der Waals surface area contributed by atoms with Crippen molar-refractivity contribution in [3.05, 3.63) is 48.5 Å². The van der Waals surface area contributed by atoms with E-state index in [9.17, 15) is 5.11 Å². The van der Waals surface area contributed by atoms with Gasteiger partial charge in [-0.15, -0.1) is 0 Å². The SMILES string of the molecule is Nc1cccc(Oc2ccccc2O)c1. The highest BCUT2D eigenvalue weighted by Crippen LogP contribution is 2.30. The van der Waals surface area contributed by atoms with Crippen LogP contribution >= 0.6 is 0 Å². The standard InChI is InChI=1S/C12H11NO2/c13-9-4-3-5-10(8-9)15-12-7-2-1-6-11(12)14/h1-8,14H,13H2. The molecule has 0 fully saturated rings. The summed E-state index contributed by atoms with van der Waals surface area (Å²) < 4.78 is 5.46. The first-order valence-corrected chi connectivity index (χ1v) is 4.57. The maximum atomic E-state index is 9.48. The van der Waals surface area contributed by atoms with Gasteiger partial charge >= 0.3 is 0 Å². The van der Waals surface area contributed by atoms with Gasteiger partial charge in [-0.05, 0) is 24.3 Å². The molecule has 0 aliphatic heterocycles. The van der Waals surface area contributed by atoms with Gasteiger partial charge in [0.2, 0.25) is 0 Å². The summed E-state index contributed by atoms with van der Waals surface area (Å²) in [6.07, 6.45) is 0. The number of hydrogen-bond acceptors (Lipinski definition) is 3. The molecule has 2 rings (SSSR count). The van der Waals surface area contributed by atoms with Gasteiger partial charge in [0, 0.05) is 11.8 Å². The summed E-state index contributed by atoms with van der Waals surface area (Å²) in [7, 11) is 0. The zero-order chi connectivity index (χ0) is 10.7. The van der Waals surface area contributed by atoms with E-state index < -0.39 is 0 Å². The topological polar surface area (TPSA) is 55.5 Å². The molecule has 0 amide bonds. The molecular formula is C12H11NO2. The second-order valence-corrected chi connectivity index (χ2v) is 3.14. The van der Waals surface area contributed by atoms with Gasteiger partial charge in [0.1, 0.15) is 5.75 Å². The van der Waals surface area contributed by atoms with Gasteiger partial charge in [-0.25, -0.2) is 0 Å². The molecule has 0 unspecified atom stereocenters. The van der Waals surface area contributed by atoms with Crippen molar-refractivity contribution in [2.45, 2.75) is 0 Å². The molecule has 0 spiro atoms. The molecule has 3 N–H and O–H groups in total. The van der Waals surface area contributed by atoms with Crippen LogP contribution in [0.5, 0.6) is 17.2 Å². The predicted molar refractivity (Wildman–Crippen MR) is 59.0 cm³/mol. The Balaban J connectivity index is 2.26. The molecule has 3 heteroatoms. The smallest absolute Gasteiger partial charge is 0.169 e. The Hall–Kier alpha value is -2.16. The molecule has 0 aliphatic rings. The number of phenols is 1. The second kappa shape index (κ2) is 3.92. The summed E-state index contributed by atoms with van der Waals surface area (Å²) in [4.78, 5) is 0. The number of anilines is 1. The van der Waals surface area contributed by atoms with Crippen molar-refractivity contribution in [1.82, 2.24) is 0 Å². The maximum absolute atomic E-state index is 9.48. The van der Waals surface area contributed by atoms with Crippen LogP contribution in [0, 0.1) is 0 Å². The van der Waals surface area contributed by atoms with Crippen LogP contribution in [0.15, 0.2) is 48.5 Å². The highest BCUT2D eigenvalue weighted by atomic mass is 16.5. The van der Waals surface area contributed by atoms with E-state index in [1.54, 1.807) is 48.5 Å². The molecular weight excluding hydrogens is 190 g/mol. The van der Waals surface area contributed by atoms with E-state index in [0.29, 0.717) is 17.2 Å². The maximum Gasteiger partial charge on any atom is 0.169 e. The van der Waals surface area contributed by atoms with Crippen molar-refractivity contribution < 1.29 is 9.84 Å². The molecule has 0 aliphatic carbocycles. The van der Waals surface area contributed by atoms with E-state index >= 15 is 0 Å². The Labute approximate surface area is 87.7 Å². The van der Waals surface area contributed by atoms with Crippen molar-refractivity contribution in [2.24, 2.45) is 0 Å². The number of hydrogen-bond donors (Lipinski definition) is 2. The Morgan fingerprint density at radius 2 is 1.80 bits per heavy atom. The third-order valence-corrected chi connectivity index (χ3v) is 1.95. The molecule has 0 aromatic heterocycles. The van der Waals surface area contributed by atoms with Crippen molar-refractivity contribution in [2.75, 3.05) is 5.73 Å². The molecule has 0 atom stereocenters. The normalized spacial score (nSPS) is 9.87. The highest BCUT2D eigenvalue weighted by Gasteiger charge is 2.01. The quantitative estimate of drug-likeness (QED) is 0.734. The van der Waals surface area contributed by atoms with E-state index in [0.717, 1.165) is 0 Å². The van der Waals surface area contributed by atoms with Crippen LogP contribution in [-0.2, 0) is 0 Å². The molecule has 0 bridgehead atoms. The molecule has 0 saturated heterocycles. The predicted octanol–water partition coefficient (Wildman–Crippen LogP) is 2.77. The molecule has 2 aromatic rings. The van der Waals surface area contributed by atoms with Gasteiger partial charge in [-0.2, -0.15) is 0 Å². The van der Waals surface area contributed by atoms with E-state index in [-0.39, 0.29) is 5.75 Å². The fourth-order valence-electron chi connectivity index (χ4n) is 1.25. The number of aromatic hydroxyl groups is 1. The number of ether oxygens (including phenoxy) is 1. The van der Waals surface area contributed by atoms with Crippen molar-refractivity contribution in [3.63, 3.8) is 0 Å². The zero-order valence-electron chi connectivity index (χ0n) is 8.05. The number of phenolic OH excluding ortho intramolecular Hbond substituents is 1. The summed E-state index contributed by atoms with van der Waals surface area (Å²) in [6, 6.07) is 13.8.